The third kappa shape index (κ3) is 4.16. The monoisotopic (exact) mass is 401 g/mol. The Labute approximate surface area is 170 Å². The molecule has 0 saturated carbocycles. The van der Waals surface area contributed by atoms with Crippen LogP contribution >= 0.6 is 0 Å². The average Bonchev–Trinajstić information content (AvgIpc) is 3.15. The summed E-state index contributed by atoms with van der Waals surface area (Å²) in [6.07, 6.45) is 3.29. The van der Waals surface area contributed by atoms with Crippen molar-refractivity contribution < 1.29 is 23.9 Å². The lowest BCUT2D eigenvalue weighted by atomic mass is 10.1. The van der Waals surface area contributed by atoms with E-state index in [2.05, 4.69) is 5.32 Å². The highest BCUT2D eigenvalue weighted by Crippen LogP contribution is 2.36. The molecule has 0 radical (unpaired) electrons. The zero-order chi connectivity index (χ0) is 20.4. The SMILES string of the molecule is C[C@H](NC(=O)C1CC(=O)N(c2ccc3c(c2)OCCO3)C1)C(=O)N1CCCCC1. The minimum atomic E-state index is -0.584. The van der Waals surface area contributed by atoms with Crippen LogP contribution in [0.1, 0.15) is 32.6 Å². The summed E-state index contributed by atoms with van der Waals surface area (Å²) in [5.74, 6) is 0.368. The second-order valence-corrected chi connectivity index (χ2v) is 7.85. The number of likely N-dealkylation sites (tertiary alicyclic amines) is 1. The molecule has 0 spiro atoms. The van der Waals surface area contributed by atoms with Crippen molar-refractivity contribution in [1.29, 1.82) is 0 Å². The predicted molar refractivity (Wildman–Crippen MR) is 106 cm³/mol. The molecule has 156 valence electrons. The van der Waals surface area contributed by atoms with Crippen LogP contribution in [-0.2, 0) is 14.4 Å². The number of nitrogens with zero attached hydrogens (tertiary/aromatic N) is 2. The van der Waals surface area contributed by atoms with Crippen LogP contribution in [0.2, 0.25) is 0 Å². The van der Waals surface area contributed by atoms with Crippen LogP contribution in [0.25, 0.3) is 0 Å². The van der Waals surface area contributed by atoms with Crippen molar-refractivity contribution in [2.24, 2.45) is 5.92 Å². The first kappa shape index (κ1) is 19.5. The summed E-state index contributed by atoms with van der Waals surface area (Å²) in [6.45, 7) is 4.47. The summed E-state index contributed by atoms with van der Waals surface area (Å²) in [5, 5.41) is 2.81. The number of nitrogens with one attached hydrogen (secondary N) is 1. The topological polar surface area (TPSA) is 88.2 Å². The molecule has 0 aromatic heterocycles. The van der Waals surface area contributed by atoms with Crippen LogP contribution in [0.5, 0.6) is 11.5 Å². The number of amides is 3. The maximum Gasteiger partial charge on any atom is 0.244 e. The molecule has 2 atom stereocenters. The van der Waals surface area contributed by atoms with Crippen LogP contribution in [-0.4, -0.2) is 61.5 Å². The molecular weight excluding hydrogens is 374 g/mol. The fourth-order valence-electron chi connectivity index (χ4n) is 4.11. The Hall–Kier alpha value is -2.77. The van der Waals surface area contributed by atoms with Crippen molar-refractivity contribution in [3.05, 3.63) is 18.2 Å². The van der Waals surface area contributed by atoms with Gasteiger partial charge in [-0.05, 0) is 38.3 Å². The molecule has 1 N–H and O–H groups in total. The van der Waals surface area contributed by atoms with Gasteiger partial charge in [0.1, 0.15) is 19.3 Å². The molecule has 1 aromatic carbocycles. The van der Waals surface area contributed by atoms with Crippen molar-refractivity contribution in [3.8, 4) is 11.5 Å². The molecule has 8 heteroatoms. The molecule has 3 aliphatic rings. The van der Waals surface area contributed by atoms with Crippen LogP contribution in [0.15, 0.2) is 18.2 Å². The van der Waals surface area contributed by atoms with Gasteiger partial charge in [0.25, 0.3) is 0 Å². The second-order valence-electron chi connectivity index (χ2n) is 7.85. The van der Waals surface area contributed by atoms with Gasteiger partial charge >= 0.3 is 0 Å². The van der Waals surface area contributed by atoms with Crippen molar-refractivity contribution in [1.82, 2.24) is 10.2 Å². The number of ether oxygens (including phenoxy) is 2. The Morgan fingerprint density at radius 1 is 1.10 bits per heavy atom. The third-order valence-electron chi connectivity index (χ3n) is 5.73. The third-order valence-corrected chi connectivity index (χ3v) is 5.73. The second kappa shape index (κ2) is 8.31. The smallest absolute Gasteiger partial charge is 0.244 e. The summed E-state index contributed by atoms with van der Waals surface area (Å²) in [7, 11) is 0. The highest BCUT2D eigenvalue weighted by molar-refractivity contribution is 6.01. The van der Waals surface area contributed by atoms with E-state index in [0.29, 0.717) is 30.4 Å². The van der Waals surface area contributed by atoms with E-state index < -0.39 is 12.0 Å². The molecule has 1 aromatic rings. The summed E-state index contributed by atoms with van der Waals surface area (Å²) in [4.78, 5) is 41.2. The van der Waals surface area contributed by atoms with Crippen molar-refractivity contribution in [2.75, 3.05) is 37.7 Å². The van der Waals surface area contributed by atoms with E-state index in [1.54, 1.807) is 30.0 Å². The molecular formula is C21H27N3O5. The van der Waals surface area contributed by atoms with E-state index in [4.69, 9.17) is 9.47 Å². The van der Waals surface area contributed by atoms with E-state index in [9.17, 15) is 14.4 Å². The molecule has 2 saturated heterocycles. The number of anilines is 1. The van der Waals surface area contributed by atoms with E-state index in [0.717, 1.165) is 32.4 Å². The maximum atomic E-state index is 12.7. The summed E-state index contributed by atoms with van der Waals surface area (Å²) < 4.78 is 11.1. The molecule has 0 bridgehead atoms. The Kier molecular flexibility index (Phi) is 5.60. The number of carbonyl (C=O) groups excluding carboxylic acids is 3. The first-order valence-corrected chi connectivity index (χ1v) is 10.3. The normalized spacial score (nSPS) is 22.4. The largest absolute Gasteiger partial charge is 0.486 e. The molecule has 3 aliphatic heterocycles. The van der Waals surface area contributed by atoms with Gasteiger partial charge in [0.05, 0.1) is 5.92 Å². The van der Waals surface area contributed by atoms with Crippen LogP contribution in [0.4, 0.5) is 5.69 Å². The first-order chi connectivity index (χ1) is 14.0. The van der Waals surface area contributed by atoms with Gasteiger partial charge < -0.3 is 24.6 Å². The van der Waals surface area contributed by atoms with Gasteiger partial charge in [-0.25, -0.2) is 0 Å². The van der Waals surface area contributed by atoms with Gasteiger partial charge in [0.15, 0.2) is 11.5 Å². The lowest BCUT2D eigenvalue weighted by Crippen LogP contribution is -2.50. The zero-order valence-electron chi connectivity index (χ0n) is 16.7. The highest BCUT2D eigenvalue weighted by atomic mass is 16.6. The van der Waals surface area contributed by atoms with Gasteiger partial charge in [0, 0.05) is 37.8 Å². The molecule has 3 amide bonds. The van der Waals surface area contributed by atoms with Gasteiger partial charge in [-0.1, -0.05) is 0 Å². The van der Waals surface area contributed by atoms with E-state index in [1.165, 1.54) is 0 Å². The number of benzene rings is 1. The molecule has 8 nitrogen and oxygen atoms in total. The Balaban J connectivity index is 1.37. The summed E-state index contributed by atoms with van der Waals surface area (Å²) in [6, 6.07) is 4.77. The maximum absolute atomic E-state index is 12.7. The number of hydrogen-bond acceptors (Lipinski definition) is 5. The van der Waals surface area contributed by atoms with Crippen LogP contribution in [0, 0.1) is 5.92 Å². The summed E-state index contributed by atoms with van der Waals surface area (Å²) >= 11 is 0. The van der Waals surface area contributed by atoms with E-state index >= 15 is 0 Å². The van der Waals surface area contributed by atoms with Gasteiger partial charge in [-0.2, -0.15) is 0 Å². The van der Waals surface area contributed by atoms with Crippen molar-refractivity contribution in [2.45, 2.75) is 38.6 Å². The van der Waals surface area contributed by atoms with Crippen molar-refractivity contribution in [3.63, 3.8) is 0 Å². The Bertz CT molecular complexity index is 806. The van der Waals surface area contributed by atoms with Crippen LogP contribution < -0.4 is 19.7 Å². The number of hydrogen-bond donors (Lipinski definition) is 1. The number of carbonyl (C=O) groups is 3. The predicted octanol–water partition coefficient (Wildman–Crippen LogP) is 1.33. The lowest BCUT2D eigenvalue weighted by Gasteiger charge is -2.29. The standard InChI is InChI=1S/C21H27N3O5/c1-14(21(27)23-7-3-2-4-8-23)22-20(26)15-11-19(25)24(13-15)16-5-6-17-18(12-16)29-10-9-28-17/h5-6,12,14-15H,2-4,7-11,13H2,1H3,(H,22,26)/t14-,15?/m0/s1. The number of piperidine rings is 1. The minimum absolute atomic E-state index is 0.0499. The average molecular weight is 401 g/mol. The molecule has 29 heavy (non-hydrogen) atoms. The lowest BCUT2D eigenvalue weighted by molar-refractivity contribution is -0.137. The quantitative estimate of drug-likeness (QED) is 0.822. The molecule has 3 heterocycles. The molecule has 2 fully saturated rings. The Morgan fingerprint density at radius 3 is 2.59 bits per heavy atom. The van der Waals surface area contributed by atoms with Gasteiger partial charge in [0.2, 0.25) is 17.7 Å². The summed E-state index contributed by atoms with van der Waals surface area (Å²) in [5.41, 5.74) is 0.687. The fourth-order valence-corrected chi connectivity index (χ4v) is 4.11. The van der Waals surface area contributed by atoms with E-state index in [1.807, 2.05) is 4.90 Å². The van der Waals surface area contributed by atoms with Crippen molar-refractivity contribution >= 4 is 23.4 Å². The highest BCUT2D eigenvalue weighted by Gasteiger charge is 2.37. The first-order valence-electron chi connectivity index (χ1n) is 10.3. The molecule has 4 rings (SSSR count). The van der Waals surface area contributed by atoms with Crippen LogP contribution in [0.3, 0.4) is 0 Å². The number of rotatable bonds is 4. The van der Waals surface area contributed by atoms with Gasteiger partial charge in [-0.15, -0.1) is 0 Å². The molecule has 0 aliphatic carbocycles. The Morgan fingerprint density at radius 2 is 1.83 bits per heavy atom. The number of fused-ring (bicyclic) bond motifs is 1. The minimum Gasteiger partial charge on any atom is -0.486 e. The molecule has 1 unspecified atom stereocenters. The van der Waals surface area contributed by atoms with E-state index in [-0.39, 0.29) is 30.7 Å². The van der Waals surface area contributed by atoms with Gasteiger partial charge in [-0.3, -0.25) is 14.4 Å². The zero-order valence-corrected chi connectivity index (χ0v) is 16.7. The fraction of sp³-hybridized carbons (Fsp3) is 0.571.